The molecule has 0 nitrogen and oxygen atoms in total. The predicted octanol–water partition coefficient (Wildman–Crippen LogP) is 4.56. The van der Waals surface area contributed by atoms with Crippen molar-refractivity contribution in [2.24, 2.45) is 22.2 Å². The maximum atomic E-state index is 2.61. The second kappa shape index (κ2) is 2.70. The van der Waals surface area contributed by atoms with E-state index in [1.165, 1.54) is 38.5 Å². The van der Waals surface area contributed by atoms with Gasteiger partial charge < -0.3 is 0 Å². The van der Waals surface area contributed by atoms with Crippen LogP contribution in [0.5, 0.6) is 0 Å². The first kappa shape index (κ1) is 9.93. The molecule has 0 aromatic heterocycles. The Bertz CT molecular complexity index is 312. The lowest BCUT2D eigenvalue weighted by molar-refractivity contribution is -0.0270. The molecule has 84 valence electrons. The zero-order valence-electron chi connectivity index (χ0n) is 10.5. The first-order valence-corrected chi connectivity index (χ1v) is 6.66. The van der Waals surface area contributed by atoms with Crippen molar-refractivity contribution in [2.45, 2.75) is 59.3 Å². The van der Waals surface area contributed by atoms with E-state index in [0.29, 0.717) is 16.2 Å². The third kappa shape index (κ3) is 1.26. The SMILES string of the molecule is CC1(C)C=C[C@]23CCC[C@](C)(CC[C@@H]12)C3. The molecular weight excluding hydrogens is 180 g/mol. The molecule has 0 aromatic carbocycles. The summed E-state index contributed by atoms with van der Waals surface area (Å²) >= 11 is 0. The molecule has 3 aliphatic carbocycles. The van der Waals surface area contributed by atoms with Crippen LogP contribution in [0.1, 0.15) is 59.3 Å². The van der Waals surface area contributed by atoms with E-state index >= 15 is 0 Å². The lowest BCUT2D eigenvalue weighted by Gasteiger charge is -2.55. The van der Waals surface area contributed by atoms with Crippen molar-refractivity contribution in [3.63, 3.8) is 0 Å². The molecule has 15 heavy (non-hydrogen) atoms. The van der Waals surface area contributed by atoms with Crippen LogP contribution in [-0.2, 0) is 0 Å². The fraction of sp³-hybridized carbons (Fsp3) is 0.867. The van der Waals surface area contributed by atoms with E-state index in [1.807, 2.05) is 0 Å². The monoisotopic (exact) mass is 204 g/mol. The van der Waals surface area contributed by atoms with Crippen LogP contribution in [0.25, 0.3) is 0 Å². The highest BCUT2D eigenvalue weighted by Crippen LogP contribution is 2.65. The second-order valence-electron chi connectivity index (χ2n) is 7.32. The molecule has 0 heterocycles. The summed E-state index contributed by atoms with van der Waals surface area (Å²) in [5, 5.41) is 0. The summed E-state index contributed by atoms with van der Waals surface area (Å²) in [4.78, 5) is 0. The maximum absolute atomic E-state index is 2.61. The predicted molar refractivity (Wildman–Crippen MR) is 64.7 cm³/mol. The first-order valence-electron chi connectivity index (χ1n) is 6.66. The van der Waals surface area contributed by atoms with Crippen molar-refractivity contribution in [3.8, 4) is 0 Å². The van der Waals surface area contributed by atoms with Gasteiger partial charge >= 0.3 is 0 Å². The third-order valence-electron chi connectivity index (χ3n) is 5.65. The van der Waals surface area contributed by atoms with E-state index in [9.17, 15) is 0 Å². The van der Waals surface area contributed by atoms with Crippen molar-refractivity contribution in [3.05, 3.63) is 12.2 Å². The van der Waals surface area contributed by atoms with Crippen LogP contribution in [0.2, 0.25) is 0 Å². The number of rotatable bonds is 0. The topological polar surface area (TPSA) is 0 Å². The Morgan fingerprint density at radius 1 is 1.00 bits per heavy atom. The van der Waals surface area contributed by atoms with Crippen molar-refractivity contribution in [1.29, 1.82) is 0 Å². The van der Waals surface area contributed by atoms with Crippen molar-refractivity contribution < 1.29 is 0 Å². The third-order valence-corrected chi connectivity index (χ3v) is 5.65. The average molecular weight is 204 g/mol. The summed E-state index contributed by atoms with van der Waals surface area (Å²) in [5.41, 5.74) is 1.76. The zero-order valence-corrected chi connectivity index (χ0v) is 10.5. The van der Waals surface area contributed by atoms with E-state index in [1.54, 1.807) is 0 Å². The summed E-state index contributed by atoms with van der Waals surface area (Å²) in [6.45, 7) is 7.42. The van der Waals surface area contributed by atoms with Crippen LogP contribution in [-0.4, -0.2) is 0 Å². The molecule has 0 aromatic rings. The molecule has 0 unspecified atom stereocenters. The van der Waals surface area contributed by atoms with Gasteiger partial charge in [-0.05, 0) is 54.3 Å². The standard InChI is InChI=1S/C15H24/c1-13(2)9-10-15-7-4-6-14(3,11-15)8-5-12(13)15/h9-10,12H,4-8,11H2,1-3H3/t12-,14+,15-/m0/s1. The lowest BCUT2D eigenvalue weighted by Crippen LogP contribution is -2.45. The van der Waals surface area contributed by atoms with Gasteiger partial charge in [-0.3, -0.25) is 0 Å². The van der Waals surface area contributed by atoms with Crippen LogP contribution in [0.3, 0.4) is 0 Å². The fourth-order valence-electron chi connectivity index (χ4n) is 4.97. The first-order chi connectivity index (χ1) is 6.96. The molecule has 2 saturated carbocycles. The summed E-state index contributed by atoms with van der Waals surface area (Å²) in [7, 11) is 0. The van der Waals surface area contributed by atoms with E-state index in [0.717, 1.165) is 5.92 Å². The van der Waals surface area contributed by atoms with Gasteiger partial charge in [0.1, 0.15) is 0 Å². The highest BCUT2D eigenvalue weighted by Gasteiger charge is 2.55. The van der Waals surface area contributed by atoms with Gasteiger partial charge in [-0.25, -0.2) is 0 Å². The van der Waals surface area contributed by atoms with Crippen LogP contribution in [0, 0.1) is 22.2 Å². The molecule has 0 N–H and O–H groups in total. The molecule has 2 bridgehead atoms. The van der Waals surface area contributed by atoms with Crippen molar-refractivity contribution >= 4 is 0 Å². The van der Waals surface area contributed by atoms with E-state index in [-0.39, 0.29) is 0 Å². The number of fused-ring (bicyclic) bond motifs is 1. The van der Waals surface area contributed by atoms with Gasteiger partial charge in [0, 0.05) is 0 Å². The van der Waals surface area contributed by atoms with Crippen molar-refractivity contribution in [1.82, 2.24) is 0 Å². The molecule has 0 radical (unpaired) electrons. The molecule has 1 spiro atoms. The number of hydrogen-bond acceptors (Lipinski definition) is 0. The van der Waals surface area contributed by atoms with Crippen molar-refractivity contribution in [2.75, 3.05) is 0 Å². The van der Waals surface area contributed by atoms with Gasteiger partial charge in [0.25, 0.3) is 0 Å². The van der Waals surface area contributed by atoms with E-state index in [2.05, 4.69) is 32.9 Å². The largest absolute Gasteiger partial charge is 0.0820 e. The van der Waals surface area contributed by atoms with Gasteiger partial charge in [-0.2, -0.15) is 0 Å². The van der Waals surface area contributed by atoms with Crippen LogP contribution >= 0.6 is 0 Å². The molecule has 0 saturated heterocycles. The molecule has 0 heteroatoms. The summed E-state index contributed by atoms with van der Waals surface area (Å²) in [5.74, 6) is 0.943. The molecule has 0 amide bonds. The highest BCUT2D eigenvalue weighted by atomic mass is 14.6. The molecule has 3 aliphatic rings. The highest BCUT2D eigenvalue weighted by molar-refractivity contribution is 5.22. The summed E-state index contributed by atoms with van der Waals surface area (Å²) in [6.07, 6.45) is 14.0. The minimum absolute atomic E-state index is 0.471. The van der Waals surface area contributed by atoms with Gasteiger partial charge in [0.05, 0.1) is 0 Å². The minimum Gasteiger partial charge on any atom is -0.0820 e. The molecular formula is C15H24. The maximum Gasteiger partial charge on any atom is -0.00765 e. The minimum atomic E-state index is 0.471. The Labute approximate surface area is 94.1 Å². The Kier molecular flexibility index (Phi) is 1.79. The summed E-state index contributed by atoms with van der Waals surface area (Å²) in [6, 6.07) is 0. The Hall–Kier alpha value is -0.260. The van der Waals surface area contributed by atoms with Gasteiger partial charge in [-0.15, -0.1) is 0 Å². The van der Waals surface area contributed by atoms with Crippen LogP contribution < -0.4 is 0 Å². The molecule has 3 atom stereocenters. The zero-order chi connectivity index (χ0) is 10.7. The summed E-state index contributed by atoms with van der Waals surface area (Å²) < 4.78 is 0. The quantitative estimate of drug-likeness (QED) is 0.507. The fourth-order valence-corrected chi connectivity index (χ4v) is 4.97. The van der Waals surface area contributed by atoms with Gasteiger partial charge in [-0.1, -0.05) is 39.3 Å². The molecule has 3 rings (SSSR count). The Morgan fingerprint density at radius 3 is 2.60 bits per heavy atom. The van der Waals surface area contributed by atoms with E-state index in [4.69, 9.17) is 0 Å². The second-order valence-corrected chi connectivity index (χ2v) is 7.32. The molecule has 2 fully saturated rings. The number of hydrogen-bond donors (Lipinski definition) is 0. The van der Waals surface area contributed by atoms with Gasteiger partial charge in [0.2, 0.25) is 0 Å². The van der Waals surface area contributed by atoms with E-state index < -0.39 is 0 Å². The van der Waals surface area contributed by atoms with Crippen LogP contribution in [0.4, 0.5) is 0 Å². The van der Waals surface area contributed by atoms with Gasteiger partial charge in [0.15, 0.2) is 0 Å². The smallest absolute Gasteiger partial charge is 0.00765 e. The Balaban J connectivity index is 1.99. The average Bonchev–Trinajstić information content (AvgIpc) is 2.36. The lowest BCUT2D eigenvalue weighted by atomic mass is 9.50. The number of allylic oxidation sites excluding steroid dienone is 2. The molecule has 0 aliphatic heterocycles. The normalized spacial score (nSPS) is 51.5. The van der Waals surface area contributed by atoms with Crippen LogP contribution in [0.15, 0.2) is 12.2 Å². The Morgan fingerprint density at radius 2 is 1.80 bits per heavy atom.